The van der Waals surface area contributed by atoms with Crippen LogP contribution in [0.25, 0.3) is 6.08 Å². The maximum Gasteiger partial charge on any atom is 0.182 e. The highest BCUT2D eigenvalue weighted by atomic mass is 16.3. The van der Waals surface area contributed by atoms with Crippen LogP contribution in [-0.2, 0) is 5.72 Å². The first-order valence-electron chi connectivity index (χ1n) is 5.62. The lowest BCUT2D eigenvalue weighted by Gasteiger charge is -2.31. The van der Waals surface area contributed by atoms with Gasteiger partial charge in [-0.05, 0) is 17.7 Å². The molecule has 0 aliphatic carbocycles. The Morgan fingerprint density at radius 3 is 2.41 bits per heavy atom. The molecule has 2 heteroatoms. The van der Waals surface area contributed by atoms with Gasteiger partial charge in [0.2, 0.25) is 0 Å². The van der Waals surface area contributed by atoms with E-state index in [0.29, 0.717) is 0 Å². The smallest absolute Gasteiger partial charge is 0.182 e. The van der Waals surface area contributed by atoms with Crippen molar-refractivity contribution in [2.24, 2.45) is 0 Å². The van der Waals surface area contributed by atoms with Gasteiger partial charge in [0, 0.05) is 11.3 Å². The zero-order valence-electron chi connectivity index (χ0n) is 9.30. The highest BCUT2D eigenvalue weighted by molar-refractivity contribution is 5.72. The van der Waals surface area contributed by atoms with Crippen LogP contribution in [0.3, 0.4) is 0 Å². The molecular weight excluding hydrogens is 210 g/mol. The molecule has 2 nitrogen and oxygen atoms in total. The van der Waals surface area contributed by atoms with Crippen molar-refractivity contribution in [3.63, 3.8) is 0 Å². The number of rotatable bonds is 1. The fourth-order valence-corrected chi connectivity index (χ4v) is 2.07. The van der Waals surface area contributed by atoms with E-state index in [0.717, 1.165) is 16.8 Å². The third kappa shape index (κ3) is 1.73. The van der Waals surface area contributed by atoms with Gasteiger partial charge in [-0.25, -0.2) is 0 Å². The molecule has 17 heavy (non-hydrogen) atoms. The minimum absolute atomic E-state index is 0.839. The molecule has 2 N–H and O–H groups in total. The summed E-state index contributed by atoms with van der Waals surface area (Å²) in [6.07, 6.45) is 3.73. The van der Waals surface area contributed by atoms with Crippen molar-refractivity contribution in [3.05, 3.63) is 71.8 Å². The SMILES string of the molecule is OC1(c2ccccc2)C=Cc2ccccc2N1. The van der Waals surface area contributed by atoms with Gasteiger partial charge in [0.1, 0.15) is 0 Å². The molecule has 0 spiro atoms. The molecule has 1 heterocycles. The zero-order valence-corrected chi connectivity index (χ0v) is 9.30. The first-order valence-corrected chi connectivity index (χ1v) is 5.62. The molecule has 0 aromatic heterocycles. The number of para-hydroxylation sites is 1. The molecular formula is C15H13NO. The van der Waals surface area contributed by atoms with Gasteiger partial charge < -0.3 is 10.4 Å². The van der Waals surface area contributed by atoms with Crippen LogP contribution in [0, 0.1) is 0 Å². The van der Waals surface area contributed by atoms with Crippen LogP contribution in [0.5, 0.6) is 0 Å². The second-order valence-corrected chi connectivity index (χ2v) is 4.18. The Hall–Kier alpha value is -2.06. The Morgan fingerprint density at radius 2 is 1.59 bits per heavy atom. The molecule has 1 unspecified atom stereocenters. The summed E-state index contributed by atoms with van der Waals surface area (Å²) in [5, 5.41) is 13.7. The first kappa shape index (κ1) is 10.1. The maximum atomic E-state index is 10.6. The van der Waals surface area contributed by atoms with Crippen molar-refractivity contribution < 1.29 is 5.11 Å². The lowest BCUT2D eigenvalue weighted by atomic mass is 9.96. The molecule has 0 amide bonds. The third-order valence-electron chi connectivity index (χ3n) is 3.00. The van der Waals surface area contributed by atoms with E-state index in [-0.39, 0.29) is 0 Å². The van der Waals surface area contributed by atoms with Crippen LogP contribution < -0.4 is 5.32 Å². The predicted octanol–water partition coefficient (Wildman–Crippen LogP) is 2.97. The molecule has 1 atom stereocenters. The summed E-state index contributed by atoms with van der Waals surface area (Å²) < 4.78 is 0. The molecule has 3 rings (SSSR count). The zero-order chi connectivity index (χ0) is 11.7. The summed E-state index contributed by atoms with van der Waals surface area (Å²) in [7, 11) is 0. The Balaban J connectivity index is 2.04. The van der Waals surface area contributed by atoms with Gasteiger partial charge in [-0.3, -0.25) is 0 Å². The quantitative estimate of drug-likeness (QED) is 0.779. The summed E-state index contributed by atoms with van der Waals surface area (Å²) >= 11 is 0. The van der Waals surface area contributed by atoms with Crippen molar-refractivity contribution in [2.75, 3.05) is 5.32 Å². The number of anilines is 1. The number of fused-ring (bicyclic) bond motifs is 1. The largest absolute Gasteiger partial charge is 0.364 e. The lowest BCUT2D eigenvalue weighted by Crippen LogP contribution is -2.34. The molecule has 84 valence electrons. The summed E-state index contributed by atoms with van der Waals surface area (Å²) in [5.74, 6) is 0. The molecule has 0 bridgehead atoms. The minimum atomic E-state index is -1.12. The molecule has 2 aromatic carbocycles. The normalized spacial score (nSPS) is 21.7. The number of hydrogen-bond donors (Lipinski definition) is 2. The fraction of sp³-hybridized carbons (Fsp3) is 0.0667. The Morgan fingerprint density at radius 1 is 0.882 bits per heavy atom. The van der Waals surface area contributed by atoms with Crippen LogP contribution in [0.2, 0.25) is 0 Å². The van der Waals surface area contributed by atoms with Crippen molar-refractivity contribution in [3.8, 4) is 0 Å². The Kier molecular flexibility index (Phi) is 2.23. The summed E-state index contributed by atoms with van der Waals surface area (Å²) in [6, 6.07) is 17.5. The van der Waals surface area contributed by atoms with Crippen LogP contribution in [0.4, 0.5) is 5.69 Å². The van der Waals surface area contributed by atoms with Gasteiger partial charge in [0.05, 0.1) is 0 Å². The van der Waals surface area contributed by atoms with Gasteiger partial charge in [0.25, 0.3) is 0 Å². The molecule has 2 aromatic rings. The van der Waals surface area contributed by atoms with Gasteiger partial charge in [-0.1, -0.05) is 54.6 Å². The molecule has 0 saturated carbocycles. The molecule has 0 radical (unpaired) electrons. The number of benzene rings is 2. The van der Waals surface area contributed by atoms with Crippen molar-refractivity contribution in [1.29, 1.82) is 0 Å². The summed E-state index contributed by atoms with van der Waals surface area (Å²) in [5.41, 5.74) is 1.76. The second kappa shape index (κ2) is 3.75. The molecule has 1 aliphatic rings. The highest BCUT2D eigenvalue weighted by Gasteiger charge is 2.28. The van der Waals surface area contributed by atoms with Crippen LogP contribution in [0.1, 0.15) is 11.1 Å². The highest BCUT2D eigenvalue weighted by Crippen LogP contribution is 2.32. The van der Waals surface area contributed by atoms with E-state index in [1.165, 1.54) is 0 Å². The standard InChI is InChI=1S/C15H13NO/c17-15(13-7-2-1-3-8-13)11-10-12-6-4-5-9-14(12)16-15/h1-11,16-17H. The third-order valence-corrected chi connectivity index (χ3v) is 3.00. The second-order valence-electron chi connectivity index (χ2n) is 4.18. The van der Waals surface area contributed by atoms with Gasteiger partial charge in [-0.15, -0.1) is 0 Å². The maximum absolute atomic E-state index is 10.6. The van der Waals surface area contributed by atoms with Crippen molar-refractivity contribution in [2.45, 2.75) is 5.72 Å². The van der Waals surface area contributed by atoms with Gasteiger partial charge >= 0.3 is 0 Å². The number of aliphatic hydroxyl groups is 1. The van der Waals surface area contributed by atoms with Gasteiger partial charge in [0.15, 0.2) is 5.72 Å². The van der Waals surface area contributed by atoms with Crippen molar-refractivity contribution in [1.82, 2.24) is 0 Å². The van der Waals surface area contributed by atoms with Crippen LogP contribution in [0.15, 0.2) is 60.7 Å². The van der Waals surface area contributed by atoms with E-state index in [1.54, 1.807) is 6.08 Å². The minimum Gasteiger partial charge on any atom is -0.364 e. The van der Waals surface area contributed by atoms with Gasteiger partial charge in [-0.2, -0.15) is 0 Å². The van der Waals surface area contributed by atoms with E-state index >= 15 is 0 Å². The average Bonchev–Trinajstić information content (AvgIpc) is 2.40. The first-order chi connectivity index (χ1) is 8.28. The Labute approximate surface area is 100 Å². The molecule has 0 saturated heterocycles. The van der Waals surface area contributed by atoms with Crippen LogP contribution in [-0.4, -0.2) is 5.11 Å². The summed E-state index contributed by atoms with van der Waals surface area (Å²) in [4.78, 5) is 0. The summed E-state index contributed by atoms with van der Waals surface area (Å²) in [6.45, 7) is 0. The number of nitrogens with one attached hydrogen (secondary N) is 1. The molecule has 0 fully saturated rings. The van der Waals surface area contributed by atoms with E-state index in [9.17, 15) is 5.11 Å². The van der Waals surface area contributed by atoms with E-state index < -0.39 is 5.72 Å². The van der Waals surface area contributed by atoms with E-state index in [4.69, 9.17) is 0 Å². The monoisotopic (exact) mass is 223 g/mol. The van der Waals surface area contributed by atoms with Crippen molar-refractivity contribution >= 4 is 11.8 Å². The number of hydrogen-bond acceptors (Lipinski definition) is 2. The fourth-order valence-electron chi connectivity index (χ4n) is 2.07. The topological polar surface area (TPSA) is 32.3 Å². The Bertz CT molecular complexity index is 562. The molecule has 1 aliphatic heterocycles. The van der Waals surface area contributed by atoms with Crippen LogP contribution >= 0.6 is 0 Å². The average molecular weight is 223 g/mol. The lowest BCUT2D eigenvalue weighted by molar-refractivity contribution is 0.121. The predicted molar refractivity (Wildman–Crippen MR) is 69.4 cm³/mol. The van der Waals surface area contributed by atoms with E-state index in [1.807, 2.05) is 60.7 Å². The van der Waals surface area contributed by atoms with E-state index in [2.05, 4.69) is 5.32 Å².